The van der Waals surface area contributed by atoms with Crippen LogP contribution in [0.4, 0.5) is 16.2 Å². The molecular weight excluding hydrogens is 466 g/mol. The summed E-state index contributed by atoms with van der Waals surface area (Å²) in [7, 11) is 0. The van der Waals surface area contributed by atoms with Gasteiger partial charge in [-0.1, -0.05) is 0 Å². The number of rotatable bonds is 2. The number of nitrogens with zero attached hydrogens (tertiary/aromatic N) is 3. The lowest BCUT2D eigenvalue weighted by Crippen LogP contribution is -2.55. The number of nitrogens with one attached hydrogen (secondary N) is 2. The van der Waals surface area contributed by atoms with Gasteiger partial charge in [0, 0.05) is 17.6 Å². The molecule has 0 unspecified atom stereocenters. The van der Waals surface area contributed by atoms with Crippen LogP contribution in [0.1, 0.15) is 41.0 Å². The molecule has 0 spiro atoms. The number of fused-ring (bicyclic) bond motifs is 3. The van der Waals surface area contributed by atoms with E-state index in [9.17, 15) is 9.59 Å². The zero-order chi connectivity index (χ0) is 22.6. The molecule has 2 amide bonds. The number of halogens is 1. The van der Waals surface area contributed by atoms with E-state index < -0.39 is 11.6 Å². The summed E-state index contributed by atoms with van der Waals surface area (Å²) in [5.41, 5.74) is 3.32. The summed E-state index contributed by atoms with van der Waals surface area (Å²) in [5.74, 6) is 1.19. The van der Waals surface area contributed by atoms with Gasteiger partial charge in [0.15, 0.2) is 5.84 Å². The zero-order valence-electron chi connectivity index (χ0n) is 18.4. The van der Waals surface area contributed by atoms with E-state index >= 15 is 0 Å². The number of hydrazone groups is 1. The van der Waals surface area contributed by atoms with Gasteiger partial charge in [-0.05, 0) is 69.1 Å². The molecule has 1 fully saturated rings. The molecule has 0 aromatic heterocycles. The molecule has 0 saturated carbocycles. The first-order valence-corrected chi connectivity index (χ1v) is 11.1. The molecule has 0 bridgehead atoms. The molecular formula is C21H28BrN5O4. The Balaban J connectivity index is 1.56. The summed E-state index contributed by atoms with van der Waals surface area (Å²) in [6.45, 7) is 11.0. The topological polar surface area (TPSA) is 95.5 Å². The summed E-state index contributed by atoms with van der Waals surface area (Å²) in [4.78, 5) is 28.3. The van der Waals surface area contributed by atoms with Crippen molar-refractivity contribution in [3.05, 3.63) is 16.6 Å². The lowest BCUT2D eigenvalue weighted by Gasteiger charge is -2.38. The van der Waals surface area contributed by atoms with E-state index in [2.05, 4.69) is 38.7 Å². The SMILES string of the molecule is C[C@H]1C(=O)NN=C2COc3cc(Br)c(N[C@@]4(C)CCN(C(=O)OC(C)(C)C)C4)cc3N21. The van der Waals surface area contributed by atoms with Gasteiger partial charge in [0.25, 0.3) is 5.91 Å². The molecule has 31 heavy (non-hydrogen) atoms. The molecule has 2 atom stereocenters. The zero-order valence-corrected chi connectivity index (χ0v) is 20.0. The van der Waals surface area contributed by atoms with Gasteiger partial charge >= 0.3 is 6.09 Å². The smallest absolute Gasteiger partial charge is 0.410 e. The maximum Gasteiger partial charge on any atom is 0.410 e. The van der Waals surface area contributed by atoms with Gasteiger partial charge < -0.3 is 24.6 Å². The van der Waals surface area contributed by atoms with Crippen molar-refractivity contribution in [1.29, 1.82) is 0 Å². The summed E-state index contributed by atoms with van der Waals surface area (Å²) >= 11 is 3.63. The molecule has 3 aliphatic heterocycles. The highest BCUT2D eigenvalue weighted by molar-refractivity contribution is 9.10. The third kappa shape index (κ3) is 4.30. The number of likely N-dealkylation sites (tertiary alicyclic amines) is 1. The highest BCUT2D eigenvalue weighted by Gasteiger charge is 2.39. The Bertz CT molecular complexity index is 960. The van der Waals surface area contributed by atoms with Gasteiger partial charge in [0.1, 0.15) is 24.0 Å². The molecule has 2 N–H and O–H groups in total. The van der Waals surface area contributed by atoms with E-state index in [4.69, 9.17) is 9.47 Å². The van der Waals surface area contributed by atoms with Crippen molar-refractivity contribution in [2.24, 2.45) is 5.10 Å². The van der Waals surface area contributed by atoms with E-state index in [1.165, 1.54) is 0 Å². The second-order valence-corrected chi connectivity index (χ2v) is 10.3. The van der Waals surface area contributed by atoms with Crippen LogP contribution in [-0.2, 0) is 9.53 Å². The molecule has 168 valence electrons. The van der Waals surface area contributed by atoms with Crippen LogP contribution >= 0.6 is 15.9 Å². The standard InChI is InChI=1S/C21H28BrN5O4/c1-12-18(28)25-24-17-10-30-16-8-13(22)14(9-15(16)27(12)17)23-21(5)6-7-26(11-21)19(29)31-20(2,3)4/h8-9,12,23H,6-7,10-11H2,1-5H3,(H,25,28)/t12-,21-/m0/s1. The quantitative estimate of drug-likeness (QED) is 0.656. The Morgan fingerprint density at radius 1 is 1.42 bits per heavy atom. The van der Waals surface area contributed by atoms with Crippen LogP contribution < -0.4 is 20.4 Å². The second kappa shape index (κ2) is 7.58. The molecule has 1 saturated heterocycles. The predicted molar refractivity (Wildman–Crippen MR) is 122 cm³/mol. The monoisotopic (exact) mass is 493 g/mol. The average molecular weight is 494 g/mol. The number of carbonyl (C=O) groups excluding carboxylic acids is 2. The van der Waals surface area contributed by atoms with Crippen LogP contribution in [0.2, 0.25) is 0 Å². The van der Waals surface area contributed by atoms with Gasteiger partial charge in [-0.15, -0.1) is 0 Å². The van der Waals surface area contributed by atoms with Crippen molar-refractivity contribution in [1.82, 2.24) is 10.3 Å². The molecule has 10 heteroatoms. The minimum Gasteiger partial charge on any atom is -0.483 e. The Morgan fingerprint density at radius 2 is 2.16 bits per heavy atom. The van der Waals surface area contributed by atoms with Crippen LogP contribution in [0.5, 0.6) is 5.75 Å². The fourth-order valence-electron chi connectivity index (χ4n) is 4.01. The van der Waals surface area contributed by atoms with E-state index in [0.29, 0.717) is 31.3 Å². The number of amides is 2. The molecule has 0 aliphatic carbocycles. The largest absolute Gasteiger partial charge is 0.483 e. The lowest BCUT2D eigenvalue weighted by atomic mass is 10.0. The van der Waals surface area contributed by atoms with Crippen molar-refractivity contribution < 1.29 is 19.1 Å². The van der Waals surface area contributed by atoms with E-state index in [-0.39, 0.29) is 17.5 Å². The normalized spacial score (nSPS) is 25.2. The van der Waals surface area contributed by atoms with Crippen molar-refractivity contribution in [3.63, 3.8) is 0 Å². The molecule has 0 radical (unpaired) electrons. The predicted octanol–water partition coefficient (Wildman–Crippen LogP) is 3.29. The van der Waals surface area contributed by atoms with Crippen LogP contribution in [0.3, 0.4) is 0 Å². The highest BCUT2D eigenvalue weighted by Crippen LogP contribution is 2.42. The highest BCUT2D eigenvalue weighted by atomic mass is 79.9. The molecule has 4 rings (SSSR count). The first-order chi connectivity index (χ1) is 14.5. The number of hydrogen-bond acceptors (Lipinski definition) is 7. The van der Waals surface area contributed by atoms with Gasteiger partial charge in [0.2, 0.25) is 0 Å². The number of anilines is 2. The van der Waals surface area contributed by atoms with Crippen molar-refractivity contribution in [2.75, 3.05) is 29.9 Å². The summed E-state index contributed by atoms with van der Waals surface area (Å²) < 4.78 is 12.2. The first-order valence-electron chi connectivity index (χ1n) is 10.3. The van der Waals surface area contributed by atoms with Crippen LogP contribution in [0.15, 0.2) is 21.7 Å². The van der Waals surface area contributed by atoms with Crippen LogP contribution in [0.25, 0.3) is 0 Å². The van der Waals surface area contributed by atoms with E-state index in [1.807, 2.05) is 44.7 Å². The number of benzene rings is 1. The van der Waals surface area contributed by atoms with Gasteiger partial charge in [0.05, 0.1) is 16.9 Å². The van der Waals surface area contributed by atoms with Gasteiger partial charge in [-0.25, -0.2) is 10.2 Å². The molecule has 3 aliphatic rings. The van der Waals surface area contributed by atoms with Crippen molar-refractivity contribution in [2.45, 2.75) is 58.2 Å². The van der Waals surface area contributed by atoms with Gasteiger partial charge in [-0.3, -0.25) is 4.79 Å². The third-order valence-electron chi connectivity index (χ3n) is 5.57. The minimum atomic E-state index is -0.526. The molecule has 1 aromatic carbocycles. The fraction of sp³-hybridized carbons (Fsp3) is 0.571. The number of hydrogen-bond donors (Lipinski definition) is 2. The number of amidine groups is 1. The molecule has 9 nitrogen and oxygen atoms in total. The molecule has 3 heterocycles. The summed E-state index contributed by atoms with van der Waals surface area (Å²) in [5, 5.41) is 7.72. The minimum absolute atomic E-state index is 0.162. The van der Waals surface area contributed by atoms with E-state index in [1.54, 1.807) is 4.90 Å². The lowest BCUT2D eigenvalue weighted by molar-refractivity contribution is -0.122. The Kier molecular flexibility index (Phi) is 5.31. The fourth-order valence-corrected chi connectivity index (χ4v) is 4.43. The van der Waals surface area contributed by atoms with Crippen LogP contribution in [-0.4, -0.2) is 59.6 Å². The Hall–Kier alpha value is -2.49. The first kappa shape index (κ1) is 21.7. The van der Waals surface area contributed by atoms with Gasteiger partial charge in [-0.2, -0.15) is 5.10 Å². The van der Waals surface area contributed by atoms with E-state index in [0.717, 1.165) is 22.3 Å². The van der Waals surface area contributed by atoms with Crippen molar-refractivity contribution in [3.8, 4) is 5.75 Å². The molecule has 1 aromatic rings. The van der Waals surface area contributed by atoms with Crippen LogP contribution in [0, 0.1) is 0 Å². The number of ether oxygens (including phenoxy) is 2. The average Bonchev–Trinajstić information content (AvgIpc) is 3.06. The second-order valence-electron chi connectivity index (χ2n) is 9.48. The third-order valence-corrected chi connectivity index (χ3v) is 6.22. The maximum absolute atomic E-state index is 12.5. The summed E-state index contributed by atoms with van der Waals surface area (Å²) in [6, 6.07) is 3.47. The summed E-state index contributed by atoms with van der Waals surface area (Å²) in [6.07, 6.45) is 0.478. The number of carbonyl (C=O) groups is 2. The Morgan fingerprint density at radius 3 is 2.87 bits per heavy atom. The Labute approximate surface area is 190 Å². The maximum atomic E-state index is 12.5. The van der Waals surface area contributed by atoms with Crippen molar-refractivity contribution >= 4 is 45.1 Å².